The first-order valence-corrected chi connectivity index (χ1v) is 6.05. The van der Waals surface area contributed by atoms with Crippen LogP contribution in [0.25, 0.3) is 0 Å². The van der Waals surface area contributed by atoms with E-state index in [1.54, 1.807) is 0 Å². The molecule has 0 aromatic carbocycles. The number of nitrogens with zero attached hydrogens (tertiary/aromatic N) is 2. The lowest BCUT2D eigenvalue weighted by Gasteiger charge is -2.41. The largest absolute Gasteiger partial charge is 0.329 e. The molecule has 1 atom stereocenters. The van der Waals surface area contributed by atoms with Gasteiger partial charge in [0.15, 0.2) is 0 Å². The van der Waals surface area contributed by atoms with E-state index >= 15 is 0 Å². The van der Waals surface area contributed by atoms with Crippen molar-refractivity contribution in [3.8, 4) is 0 Å². The maximum Gasteiger partial charge on any atom is 0.0342 e. The Balaban J connectivity index is 2.82. The Kier molecular flexibility index (Phi) is 4.15. The van der Waals surface area contributed by atoms with Gasteiger partial charge in [-0.1, -0.05) is 0 Å². The van der Waals surface area contributed by atoms with Crippen molar-refractivity contribution in [2.45, 2.75) is 51.7 Å². The number of nitrogens with two attached hydrogens (primary N) is 1. The van der Waals surface area contributed by atoms with Gasteiger partial charge in [-0.05, 0) is 47.7 Å². The summed E-state index contributed by atoms with van der Waals surface area (Å²) in [6, 6.07) is 1.11. The molecule has 1 aliphatic rings. The smallest absolute Gasteiger partial charge is 0.0342 e. The van der Waals surface area contributed by atoms with Crippen LogP contribution in [0.15, 0.2) is 0 Å². The molecule has 0 spiro atoms. The van der Waals surface area contributed by atoms with E-state index in [-0.39, 0.29) is 0 Å². The third-order valence-corrected chi connectivity index (χ3v) is 3.78. The molecule has 0 radical (unpaired) electrons. The van der Waals surface area contributed by atoms with Gasteiger partial charge in [-0.3, -0.25) is 4.90 Å². The molecule has 15 heavy (non-hydrogen) atoms. The molecule has 3 heteroatoms. The molecule has 0 aromatic rings. The number of likely N-dealkylation sites (N-methyl/N-ethyl adjacent to an activating group) is 1. The van der Waals surface area contributed by atoms with Crippen LogP contribution in [-0.4, -0.2) is 54.1 Å². The summed E-state index contributed by atoms with van der Waals surface area (Å²) in [7, 11) is 2.19. The lowest BCUT2D eigenvalue weighted by Crippen LogP contribution is -2.51. The molecular formula is C12H27N3. The first kappa shape index (κ1) is 12.9. The van der Waals surface area contributed by atoms with Crippen LogP contribution < -0.4 is 5.73 Å². The van der Waals surface area contributed by atoms with Crippen LogP contribution in [-0.2, 0) is 0 Å². The summed E-state index contributed by atoms with van der Waals surface area (Å²) in [5.41, 5.74) is 6.14. The van der Waals surface area contributed by atoms with Crippen molar-refractivity contribution in [3.63, 3.8) is 0 Å². The molecule has 0 bridgehead atoms. The van der Waals surface area contributed by atoms with Gasteiger partial charge in [0.2, 0.25) is 0 Å². The average Bonchev–Trinajstić information content (AvgIpc) is 2.25. The van der Waals surface area contributed by atoms with Crippen LogP contribution in [0.1, 0.15) is 34.1 Å². The molecule has 1 fully saturated rings. The Labute approximate surface area is 94.6 Å². The van der Waals surface area contributed by atoms with E-state index in [4.69, 9.17) is 5.73 Å². The fraction of sp³-hybridized carbons (Fsp3) is 1.00. The topological polar surface area (TPSA) is 32.5 Å². The summed E-state index contributed by atoms with van der Waals surface area (Å²) in [5.74, 6) is 0. The van der Waals surface area contributed by atoms with Crippen LogP contribution in [0.4, 0.5) is 0 Å². The second-order valence-electron chi connectivity index (χ2n) is 5.68. The third kappa shape index (κ3) is 2.92. The quantitative estimate of drug-likeness (QED) is 0.746. The van der Waals surface area contributed by atoms with E-state index in [1.807, 2.05) is 0 Å². The van der Waals surface area contributed by atoms with Crippen LogP contribution >= 0.6 is 0 Å². The first-order valence-electron chi connectivity index (χ1n) is 6.05. The minimum Gasteiger partial charge on any atom is -0.329 e. The van der Waals surface area contributed by atoms with Gasteiger partial charge < -0.3 is 10.6 Å². The first-order chi connectivity index (χ1) is 6.88. The van der Waals surface area contributed by atoms with E-state index in [9.17, 15) is 0 Å². The van der Waals surface area contributed by atoms with Crippen molar-refractivity contribution in [1.29, 1.82) is 0 Å². The van der Waals surface area contributed by atoms with Gasteiger partial charge in [-0.15, -0.1) is 0 Å². The van der Waals surface area contributed by atoms with E-state index < -0.39 is 0 Å². The monoisotopic (exact) mass is 213 g/mol. The molecule has 1 aliphatic heterocycles. The summed E-state index contributed by atoms with van der Waals surface area (Å²) in [5, 5.41) is 0. The second-order valence-corrected chi connectivity index (χ2v) is 5.68. The third-order valence-electron chi connectivity index (χ3n) is 3.78. The predicted octanol–water partition coefficient (Wildman–Crippen LogP) is 1.14. The van der Waals surface area contributed by atoms with Crippen LogP contribution in [0.2, 0.25) is 0 Å². The molecule has 90 valence electrons. The van der Waals surface area contributed by atoms with Crippen LogP contribution in [0, 0.1) is 0 Å². The zero-order valence-corrected chi connectivity index (χ0v) is 11.0. The van der Waals surface area contributed by atoms with Gasteiger partial charge in [0, 0.05) is 30.7 Å². The lowest BCUT2D eigenvalue weighted by atomic mass is 9.97. The van der Waals surface area contributed by atoms with E-state index in [2.05, 4.69) is 44.5 Å². The highest BCUT2D eigenvalue weighted by Crippen LogP contribution is 2.26. The molecule has 1 heterocycles. The Hall–Kier alpha value is -0.120. The van der Waals surface area contributed by atoms with E-state index in [0.29, 0.717) is 17.6 Å². The van der Waals surface area contributed by atoms with Crippen molar-refractivity contribution in [3.05, 3.63) is 0 Å². The molecule has 0 aromatic heterocycles. The summed E-state index contributed by atoms with van der Waals surface area (Å²) >= 11 is 0. The fourth-order valence-electron chi connectivity index (χ4n) is 2.55. The normalized spacial score (nSPS) is 29.4. The second kappa shape index (κ2) is 4.81. The molecule has 2 N–H and O–H groups in total. The fourth-order valence-corrected chi connectivity index (χ4v) is 2.55. The molecule has 0 amide bonds. The molecule has 1 rings (SSSR count). The molecular weight excluding hydrogens is 186 g/mol. The number of hydrogen-bond acceptors (Lipinski definition) is 3. The van der Waals surface area contributed by atoms with Crippen LogP contribution in [0.5, 0.6) is 0 Å². The van der Waals surface area contributed by atoms with Crippen LogP contribution in [0.3, 0.4) is 0 Å². The van der Waals surface area contributed by atoms with Gasteiger partial charge in [-0.25, -0.2) is 0 Å². The SMILES string of the molecule is CC(C)N1CC(CN)N(C)CCC1(C)C. The van der Waals surface area contributed by atoms with E-state index in [0.717, 1.165) is 19.6 Å². The van der Waals surface area contributed by atoms with Gasteiger partial charge in [-0.2, -0.15) is 0 Å². The molecule has 0 aliphatic carbocycles. The zero-order valence-electron chi connectivity index (χ0n) is 11.0. The van der Waals surface area contributed by atoms with Gasteiger partial charge in [0.1, 0.15) is 0 Å². The van der Waals surface area contributed by atoms with Gasteiger partial charge in [0.05, 0.1) is 0 Å². The van der Waals surface area contributed by atoms with Crippen molar-refractivity contribution in [2.24, 2.45) is 5.73 Å². The van der Waals surface area contributed by atoms with Crippen molar-refractivity contribution < 1.29 is 0 Å². The highest BCUT2D eigenvalue weighted by molar-refractivity contribution is 4.91. The van der Waals surface area contributed by atoms with Gasteiger partial charge >= 0.3 is 0 Å². The van der Waals surface area contributed by atoms with Crippen molar-refractivity contribution >= 4 is 0 Å². The molecule has 3 nitrogen and oxygen atoms in total. The predicted molar refractivity (Wildman–Crippen MR) is 66.0 cm³/mol. The maximum atomic E-state index is 5.85. The number of hydrogen-bond donors (Lipinski definition) is 1. The highest BCUT2D eigenvalue weighted by Gasteiger charge is 2.34. The maximum absolute atomic E-state index is 5.85. The van der Waals surface area contributed by atoms with Crippen molar-refractivity contribution in [2.75, 3.05) is 26.7 Å². The highest BCUT2D eigenvalue weighted by atomic mass is 15.3. The Morgan fingerprint density at radius 1 is 1.40 bits per heavy atom. The minimum atomic E-state index is 0.298. The van der Waals surface area contributed by atoms with E-state index in [1.165, 1.54) is 6.42 Å². The lowest BCUT2D eigenvalue weighted by molar-refractivity contribution is 0.0815. The molecule has 0 saturated carbocycles. The zero-order chi connectivity index (χ0) is 11.6. The average molecular weight is 213 g/mol. The standard InChI is InChI=1S/C12H27N3/c1-10(2)15-9-11(8-13)14(5)7-6-12(15,3)4/h10-11H,6-9,13H2,1-5H3. The summed E-state index contributed by atoms with van der Waals surface area (Å²) in [6.07, 6.45) is 1.22. The Morgan fingerprint density at radius 2 is 2.00 bits per heavy atom. The van der Waals surface area contributed by atoms with Crippen molar-refractivity contribution in [1.82, 2.24) is 9.80 Å². The minimum absolute atomic E-state index is 0.298. The van der Waals surface area contributed by atoms with Gasteiger partial charge in [0.25, 0.3) is 0 Å². The molecule has 1 saturated heterocycles. The summed E-state index contributed by atoms with van der Waals surface area (Å²) in [4.78, 5) is 5.00. The Bertz CT molecular complexity index is 201. The summed E-state index contributed by atoms with van der Waals surface area (Å²) in [6.45, 7) is 12.3. The molecule has 1 unspecified atom stereocenters. The Morgan fingerprint density at radius 3 is 2.47 bits per heavy atom. The number of rotatable bonds is 2. The summed E-state index contributed by atoms with van der Waals surface area (Å²) < 4.78 is 0.